The first-order valence-corrected chi connectivity index (χ1v) is 5.88. The second-order valence-electron chi connectivity index (χ2n) is 2.85. The Balaban J connectivity index is 3.58. The van der Waals surface area contributed by atoms with Crippen molar-refractivity contribution in [1.82, 2.24) is 0 Å². The third-order valence-corrected chi connectivity index (χ3v) is 2.23. The molecule has 0 bridgehead atoms. The van der Waals surface area contributed by atoms with E-state index in [1.807, 2.05) is 27.7 Å². The van der Waals surface area contributed by atoms with Crippen LogP contribution in [-0.2, 0) is 4.74 Å². The summed E-state index contributed by atoms with van der Waals surface area (Å²) in [5.41, 5.74) is -0.300. The first kappa shape index (κ1) is 10.2. The van der Waals surface area contributed by atoms with Crippen LogP contribution in [0.3, 0.4) is 0 Å². The maximum absolute atomic E-state index is 10.9. The molecule has 0 spiro atoms. The third kappa shape index (κ3) is 6.32. The van der Waals surface area contributed by atoms with Gasteiger partial charge in [0.2, 0.25) is 0 Å². The molecule has 2 nitrogen and oxygen atoms in total. The zero-order chi connectivity index (χ0) is 8.20. The van der Waals surface area contributed by atoms with Gasteiger partial charge in [-0.25, -0.2) is 0 Å². The summed E-state index contributed by atoms with van der Waals surface area (Å²) in [6.07, 6.45) is 0. The molecule has 0 N–H and O–H groups in total. The molecule has 0 fully saturated rings. The van der Waals surface area contributed by atoms with Gasteiger partial charge in [0.05, 0.1) is 0 Å². The Morgan fingerprint density at radius 2 is 2.00 bits per heavy atom. The normalized spacial score (nSPS) is 11.6. The fraction of sp³-hybridized carbons (Fsp3) is 0.857. The standard InChI is InChI=1S/C7H14IO2/c1-5-8-6(9)10-7(2,3)4/h5H2,1-4H3/q-1. The monoisotopic (exact) mass is 257 g/mol. The van der Waals surface area contributed by atoms with Crippen molar-refractivity contribution >= 4 is 3.98 Å². The molecule has 0 aliphatic rings. The number of rotatable bonds is 2. The van der Waals surface area contributed by atoms with Gasteiger partial charge in [-0.1, -0.05) is 0 Å². The van der Waals surface area contributed by atoms with E-state index in [-0.39, 0.29) is 30.8 Å². The fourth-order valence-corrected chi connectivity index (χ4v) is 1.82. The van der Waals surface area contributed by atoms with Crippen molar-refractivity contribution in [3.8, 4) is 0 Å². The molecular weight excluding hydrogens is 243 g/mol. The molecule has 0 aromatic rings. The number of hydrogen-bond donors (Lipinski definition) is 0. The topological polar surface area (TPSA) is 26.3 Å². The van der Waals surface area contributed by atoms with Crippen molar-refractivity contribution in [3.05, 3.63) is 0 Å². The molecule has 0 saturated carbocycles. The van der Waals surface area contributed by atoms with E-state index in [4.69, 9.17) is 4.74 Å². The second-order valence-corrected chi connectivity index (χ2v) is 6.02. The van der Waals surface area contributed by atoms with Gasteiger partial charge in [-0.3, -0.25) is 0 Å². The van der Waals surface area contributed by atoms with Crippen LogP contribution in [0.25, 0.3) is 0 Å². The first-order chi connectivity index (χ1) is 4.45. The molecule has 0 unspecified atom stereocenters. The van der Waals surface area contributed by atoms with E-state index in [2.05, 4.69) is 0 Å². The molecule has 3 heteroatoms. The van der Waals surface area contributed by atoms with Crippen molar-refractivity contribution in [3.63, 3.8) is 0 Å². The van der Waals surface area contributed by atoms with Crippen LogP contribution in [0.2, 0.25) is 0 Å². The molecule has 62 valence electrons. The molecule has 10 heavy (non-hydrogen) atoms. The number of carbonyl (C=O) groups excluding carboxylic acids is 1. The van der Waals surface area contributed by atoms with Crippen molar-refractivity contribution in [2.75, 3.05) is 4.43 Å². The van der Waals surface area contributed by atoms with E-state index in [0.717, 1.165) is 4.43 Å². The predicted molar refractivity (Wildman–Crippen MR) is 36.8 cm³/mol. The van der Waals surface area contributed by atoms with Crippen LogP contribution in [-0.4, -0.2) is 14.0 Å². The zero-order valence-corrected chi connectivity index (χ0v) is 9.06. The fourth-order valence-electron chi connectivity index (χ4n) is 0.377. The Bertz CT molecular complexity index is 115. The summed E-state index contributed by atoms with van der Waals surface area (Å²) in [5, 5.41) is 0. The van der Waals surface area contributed by atoms with Crippen LogP contribution in [0.15, 0.2) is 0 Å². The Labute approximate surface area is 72.6 Å². The van der Waals surface area contributed by atoms with Gasteiger partial charge in [0, 0.05) is 0 Å². The van der Waals surface area contributed by atoms with Crippen molar-refractivity contribution in [2.24, 2.45) is 0 Å². The van der Waals surface area contributed by atoms with Gasteiger partial charge in [-0.2, -0.15) is 0 Å². The molecule has 0 heterocycles. The summed E-state index contributed by atoms with van der Waals surface area (Å²) in [6.45, 7) is 7.69. The summed E-state index contributed by atoms with van der Waals surface area (Å²) >= 11 is -0.362. The van der Waals surface area contributed by atoms with Crippen molar-refractivity contribution in [2.45, 2.75) is 33.3 Å². The number of halogens is 1. The van der Waals surface area contributed by atoms with Crippen molar-refractivity contribution < 1.29 is 30.7 Å². The predicted octanol–water partition coefficient (Wildman–Crippen LogP) is -0.970. The minimum atomic E-state index is -0.362. The molecule has 0 aliphatic heterocycles. The molecule has 0 amide bonds. The molecule has 0 aliphatic carbocycles. The summed E-state index contributed by atoms with van der Waals surface area (Å²) in [4.78, 5) is 10.9. The van der Waals surface area contributed by atoms with Crippen LogP contribution in [0.4, 0.5) is 4.79 Å². The van der Waals surface area contributed by atoms with Gasteiger partial charge in [0.25, 0.3) is 0 Å². The number of hydrogen-bond acceptors (Lipinski definition) is 2. The minimum absolute atomic E-state index is 0.00815. The Morgan fingerprint density at radius 3 is 2.30 bits per heavy atom. The number of carbonyl (C=O) groups is 1. The van der Waals surface area contributed by atoms with Crippen LogP contribution in [0.1, 0.15) is 27.7 Å². The molecule has 0 aromatic heterocycles. The molecule has 0 atom stereocenters. The van der Waals surface area contributed by atoms with Crippen LogP contribution in [0, 0.1) is 0 Å². The molecule has 0 radical (unpaired) electrons. The summed E-state index contributed by atoms with van der Waals surface area (Å²) in [7, 11) is 0. The van der Waals surface area contributed by atoms with Gasteiger partial charge in [0.15, 0.2) is 0 Å². The van der Waals surface area contributed by atoms with E-state index < -0.39 is 0 Å². The van der Waals surface area contributed by atoms with E-state index in [0.29, 0.717) is 0 Å². The van der Waals surface area contributed by atoms with E-state index in [1.165, 1.54) is 0 Å². The summed E-state index contributed by atoms with van der Waals surface area (Å²) in [6, 6.07) is 0. The van der Waals surface area contributed by atoms with Gasteiger partial charge in [0.1, 0.15) is 0 Å². The first-order valence-electron chi connectivity index (χ1n) is 3.28. The Morgan fingerprint density at radius 1 is 1.50 bits per heavy atom. The van der Waals surface area contributed by atoms with E-state index in [9.17, 15) is 4.79 Å². The van der Waals surface area contributed by atoms with Crippen LogP contribution >= 0.6 is 0 Å². The molecule has 0 rings (SSSR count). The average Bonchev–Trinajstić information content (AvgIpc) is 1.59. The van der Waals surface area contributed by atoms with Crippen LogP contribution < -0.4 is 21.2 Å². The molecular formula is C7H14IO2-. The third-order valence-electron chi connectivity index (χ3n) is 0.629. The Kier molecular flexibility index (Phi) is 4.24. The van der Waals surface area contributed by atoms with Crippen LogP contribution in [0.5, 0.6) is 0 Å². The number of alkyl halides is 1. The summed E-state index contributed by atoms with van der Waals surface area (Å²) < 4.78 is 6.06. The SMILES string of the molecule is CC[I-]C(=O)OC(C)(C)C. The number of ether oxygens (including phenoxy) is 1. The van der Waals surface area contributed by atoms with E-state index >= 15 is 0 Å². The quantitative estimate of drug-likeness (QED) is 0.361. The van der Waals surface area contributed by atoms with Crippen molar-refractivity contribution in [1.29, 1.82) is 0 Å². The van der Waals surface area contributed by atoms with Gasteiger partial charge in [-0.05, 0) is 0 Å². The van der Waals surface area contributed by atoms with Gasteiger partial charge in [-0.15, -0.1) is 0 Å². The van der Waals surface area contributed by atoms with E-state index in [1.54, 1.807) is 0 Å². The maximum atomic E-state index is 10.9. The molecule has 0 aromatic carbocycles. The van der Waals surface area contributed by atoms with Gasteiger partial charge < -0.3 is 0 Å². The Hall–Kier alpha value is 0.200. The second kappa shape index (κ2) is 4.16. The molecule has 0 saturated heterocycles. The zero-order valence-electron chi connectivity index (χ0n) is 6.90. The summed E-state index contributed by atoms with van der Waals surface area (Å²) in [5.74, 6) is 0. The van der Waals surface area contributed by atoms with Gasteiger partial charge >= 0.3 is 72.4 Å². The average molecular weight is 257 g/mol.